The van der Waals surface area contributed by atoms with Crippen LogP contribution < -0.4 is 10.9 Å². The lowest BCUT2D eigenvalue weighted by Crippen LogP contribution is -2.32. The molecule has 3 rings (SSSR count). The van der Waals surface area contributed by atoms with Crippen LogP contribution in [0.2, 0.25) is 5.15 Å². The Morgan fingerprint density at radius 2 is 2.23 bits per heavy atom. The lowest BCUT2D eigenvalue weighted by atomic mass is 10.2. The van der Waals surface area contributed by atoms with Crippen molar-refractivity contribution in [3.8, 4) is 0 Å². The van der Waals surface area contributed by atoms with Gasteiger partial charge in [0, 0.05) is 18.8 Å². The van der Waals surface area contributed by atoms with Gasteiger partial charge in [-0.25, -0.2) is 9.67 Å². The van der Waals surface area contributed by atoms with Gasteiger partial charge in [-0.2, -0.15) is 5.10 Å². The fraction of sp³-hybridized carbons (Fsp3) is 0.333. The summed E-state index contributed by atoms with van der Waals surface area (Å²) >= 11 is 5.68. The normalized spacial score (nSPS) is 13.0. The number of halogens is 1. The number of aromatic nitrogens is 3. The molecule has 0 saturated carbocycles. The zero-order valence-electron chi connectivity index (χ0n) is 11.9. The monoisotopic (exact) mass is 318 g/mol. The van der Waals surface area contributed by atoms with Gasteiger partial charge in [0.2, 0.25) is 0 Å². The number of carbonyl (C=O) groups is 1. The Kier molecular flexibility index (Phi) is 4.20. The van der Waals surface area contributed by atoms with Crippen LogP contribution in [0.4, 0.5) is 0 Å². The molecule has 0 spiro atoms. The van der Waals surface area contributed by atoms with Crippen LogP contribution in [0.3, 0.4) is 0 Å². The largest absolute Gasteiger partial charge is 0.350 e. The summed E-state index contributed by atoms with van der Waals surface area (Å²) in [5.74, 6) is -0.252. The van der Waals surface area contributed by atoms with Crippen LogP contribution in [-0.2, 0) is 19.4 Å². The Hall–Kier alpha value is -2.21. The third kappa shape index (κ3) is 3.17. The van der Waals surface area contributed by atoms with Crippen LogP contribution in [0.5, 0.6) is 0 Å². The van der Waals surface area contributed by atoms with Crippen molar-refractivity contribution >= 4 is 17.5 Å². The van der Waals surface area contributed by atoms with Crippen LogP contribution in [0.25, 0.3) is 0 Å². The molecule has 0 aliphatic heterocycles. The van der Waals surface area contributed by atoms with E-state index in [1.807, 2.05) is 0 Å². The smallest absolute Gasteiger partial charge is 0.267 e. The highest BCUT2D eigenvalue weighted by molar-refractivity contribution is 6.29. The SMILES string of the molecule is O=C(NCCn1nc2c(cc1=O)CCC2)c1ccc(Cl)nc1. The number of hydrogen-bond donors (Lipinski definition) is 1. The van der Waals surface area contributed by atoms with E-state index in [2.05, 4.69) is 15.4 Å². The van der Waals surface area contributed by atoms with Gasteiger partial charge in [0.1, 0.15) is 5.15 Å². The van der Waals surface area contributed by atoms with Crippen LogP contribution in [0.15, 0.2) is 29.2 Å². The molecule has 1 aliphatic carbocycles. The van der Waals surface area contributed by atoms with E-state index >= 15 is 0 Å². The number of nitrogens with one attached hydrogen (secondary N) is 1. The van der Waals surface area contributed by atoms with Crippen molar-refractivity contribution < 1.29 is 4.79 Å². The van der Waals surface area contributed by atoms with Crippen molar-refractivity contribution in [2.45, 2.75) is 25.8 Å². The van der Waals surface area contributed by atoms with Gasteiger partial charge in [0.05, 0.1) is 17.8 Å². The van der Waals surface area contributed by atoms with Gasteiger partial charge in [0.25, 0.3) is 11.5 Å². The summed E-state index contributed by atoms with van der Waals surface area (Å²) in [6.07, 6.45) is 4.31. The maximum absolute atomic E-state index is 11.9. The molecule has 0 atom stereocenters. The summed E-state index contributed by atoms with van der Waals surface area (Å²) < 4.78 is 1.41. The summed E-state index contributed by atoms with van der Waals surface area (Å²) in [7, 11) is 0. The molecule has 2 aromatic heterocycles. The first kappa shape index (κ1) is 14.7. The highest BCUT2D eigenvalue weighted by Crippen LogP contribution is 2.16. The topological polar surface area (TPSA) is 76.9 Å². The van der Waals surface area contributed by atoms with Crippen molar-refractivity contribution in [1.29, 1.82) is 0 Å². The van der Waals surface area contributed by atoms with Gasteiger partial charge in [-0.1, -0.05) is 11.6 Å². The highest BCUT2D eigenvalue weighted by Gasteiger charge is 2.14. The van der Waals surface area contributed by atoms with Crippen molar-refractivity contribution in [3.05, 3.63) is 56.7 Å². The second-order valence-corrected chi connectivity index (χ2v) is 5.54. The standard InChI is InChI=1S/C15H15ClN4O2/c16-13-5-4-11(9-18-13)15(22)17-6-7-20-14(21)8-10-2-1-3-12(10)19-20/h4-5,8-9H,1-3,6-7H2,(H,17,22). The van der Waals surface area contributed by atoms with Crippen molar-refractivity contribution in [3.63, 3.8) is 0 Å². The van der Waals surface area contributed by atoms with E-state index in [-0.39, 0.29) is 11.5 Å². The van der Waals surface area contributed by atoms with Crippen molar-refractivity contribution in [1.82, 2.24) is 20.1 Å². The van der Waals surface area contributed by atoms with Gasteiger partial charge in [-0.3, -0.25) is 9.59 Å². The van der Waals surface area contributed by atoms with E-state index in [0.29, 0.717) is 23.8 Å². The fourth-order valence-electron chi connectivity index (χ4n) is 2.49. The summed E-state index contributed by atoms with van der Waals surface area (Å²) in [5, 5.41) is 7.44. The van der Waals surface area contributed by atoms with E-state index in [1.54, 1.807) is 18.2 Å². The summed E-state index contributed by atoms with van der Waals surface area (Å²) in [4.78, 5) is 27.7. The van der Waals surface area contributed by atoms with Gasteiger partial charge in [-0.15, -0.1) is 0 Å². The Labute approximate surface area is 132 Å². The lowest BCUT2D eigenvalue weighted by Gasteiger charge is -2.08. The number of hydrogen-bond acceptors (Lipinski definition) is 4. The molecule has 0 saturated heterocycles. The van der Waals surface area contributed by atoms with E-state index in [0.717, 1.165) is 30.5 Å². The number of aryl methyl sites for hydroxylation is 2. The number of carbonyl (C=O) groups excluding carboxylic acids is 1. The molecule has 0 aromatic carbocycles. The molecule has 1 aliphatic rings. The average Bonchev–Trinajstić information content (AvgIpc) is 2.95. The molecular weight excluding hydrogens is 304 g/mol. The summed E-state index contributed by atoms with van der Waals surface area (Å²) in [6.45, 7) is 0.673. The number of amides is 1. The van der Waals surface area contributed by atoms with Crippen LogP contribution in [-0.4, -0.2) is 27.2 Å². The van der Waals surface area contributed by atoms with E-state index in [1.165, 1.54) is 10.9 Å². The maximum atomic E-state index is 11.9. The summed E-state index contributed by atoms with van der Waals surface area (Å²) in [6, 6.07) is 4.81. The average molecular weight is 319 g/mol. The molecular formula is C15H15ClN4O2. The van der Waals surface area contributed by atoms with Gasteiger partial charge in [-0.05, 0) is 37.0 Å². The fourth-order valence-corrected chi connectivity index (χ4v) is 2.60. The zero-order valence-corrected chi connectivity index (χ0v) is 12.6. The third-order valence-corrected chi connectivity index (χ3v) is 3.85. The zero-order chi connectivity index (χ0) is 15.5. The third-order valence-electron chi connectivity index (χ3n) is 3.62. The molecule has 2 heterocycles. The molecule has 0 unspecified atom stereocenters. The van der Waals surface area contributed by atoms with Crippen molar-refractivity contribution in [2.75, 3.05) is 6.54 Å². The van der Waals surface area contributed by atoms with Crippen LogP contribution in [0.1, 0.15) is 28.0 Å². The van der Waals surface area contributed by atoms with Gasteiger partial charge < -0.3 is 5.32 Å². The quantitative estimate of drug-likeness (QED) is 0.860. The first-order chi connectivity index (χ1) is 10.6. The Bertz CT molecular complexity index is 755. The Balaban J connectivity index is 1.60. The molecule has 1 N–H and O–H groups in total. The first-order valence-corrected chi connectivity index (χ1v) is 7.51. The molecule has 22 heavy (non-hydrogen) atoms. The van der Waals surface area contributed by atoms with E-state index in [9.17, 15) is 9.59 Å². The second kappa shape index (κ2) is 6.27. The lowest BCUT2D eigenvalue weighted by molar-refractivity contribution is 0.0951. The first-order valence-electron chi connectivity index (χ1n) is 7.13. The Morgan fingerprint density at radius 1 is 1.36 bits per heavy atom. The van der Waals surface area contributed by atoms with Crippen molar-refractivity contribution in [2.24, 2.45) is 0 Å². The second-order valence-electron chi connectivity index (χ2n) is 5.16. The van der Waals surface area contributed by atoms with Crippen LogP contribution in [0, 0.1) is 0 Å². The van der Waals surface area contributed by atoms with Gasteiger partial charge in [0.15, 0.2) is 0 Å². The van der Waals surface area contributed by atoms with E-state index < -0.39 is 0 Å². The molecule has 0 bridgehead atoms. The maximum Gasteiger partial charge on any atom is 0.267 e. The van der Waals surface area contributed by atoms with E-state index in [4.69, 9.17) is 11.6 Å². The minimum Gasteiger partial charge on any atom is -0.350 e. The molecule has 0 radical (unpaired) electrons. The van der Waals surface area contributed by atoms with Gasteiger partial charge >= 0.3 is 0 Å². The predicted octanol–water partition coefficient (Wildman–Crippen LogP) is 1.21. The Morgan fingerprint density at radius 3 is 3.00 bits per heavy atom. The minimum atomic E-state index is -0.252. The minimum absolute atomic E-state index is 0.122. The highest BCUT2D eigenvalue weighted by atomic mass is 35.5. The number of fused-ring (bicyclic) bond motifs is 1. The summed E-state index contributed by atoms with van der Waals surface area (Å²) in [5.41, 5.74) is 2.35. The molecule has 1 amide bonds. The number of rotatable bonds is 4. The molecule has 7 heteroatoms. The molecule has 6 nitrogen and oxygen atoms in total. The molecule has 114 valence electrons. The molecule has 0 fully saturated rings. The van der Waals surface area contributed by atoms with Crippen LogP contribution >= 0.6 is 11.6 Å². The predicted molar refractivity (Wildman–Crippen MR) is 82.1 cm³/mol. The number of nitrogens with zero attached hydrogens (tertiary/aromatic N) is 3. The number of pyridine rings is 1. The molecule has 2 aromatic rings.